The van der Waals surface area contributed by atoms with E-state index >= 15 is 0 Å². The van der Waals surface area contributed by atoms with Gasteiger partial charge in [0, 0.05) is 17.1 Å². The molecule has 0 fully saturated rings. The van der Waals surface area contributed by atoms with Crippen molar-refractivity contribution < 1.29 is 40.7 Å². The average Bonchev–Trinajstić information content (AvgIpc) is 3.26. The topological polar surface area (TPSA) is 116 Å². The maximum Gasteiger partial charge on any atom is 0.408 e. The molecule has 0 unspecified atom stereocenters. The molecule has 2 N–H and O–H groups in total. The number of hydrogen-bond acceptors (Lipinski definition) is 6. The molecule has 226 valence electrons. The summed E-state index contributed by atoms with van der Waals surface area (Å²) in [5.74, 6) is -1.59. The van der Waals surface area contributed by atoms with E-state index in [1.807, 2.05) is 0 Å². The second-order valence-electron chi connectivity index (χ2n) is 10.3. The summed E-state index contributed by atoms with van der Waals surface area (Å²) in [6.07, 6.45) is -9.01. The minimum atomic E-state index is -4.88. The summed E-state index contributed by atoms with van der Waals surface area (Å²) in [6, 6.07) is 7.41. The summed E-state index contributed by atoms with van der Waals surface area (Å²) in [5.41, 5.74) is 2.73. The van der Waals surface area contributed by atoms with Crippen molar-refractivity contribution in [1.82, 2.24) is 19.7 Å². The highest BCUT2D eigenvalue weighted by atomic mass is 35.5. The fraction of sp³-hybridized carbons (Fsp3) is 0.296. The third-order valence-corrected chi connectivity index (χ3v) is 6.80. The van der Waals surface area contributed by atoms with E-state index in [1.165, 1.54) is 43.1 Å². The molecule has 5 rings (SSSR count). The average molecular weight is 627 g/mol. The van der Waals surface area contributed by atoms with Crippen LogP contribution in [0.3, 0.4) is 0 Å². The summed E-state index contributed by atoms with van der Waals surface area (Å²) in [5, 5.41) is 3.94. The van der Waals surface area contributed by atoms with Gasteiger partial charge in [-0.15, -0.1) is 0 Å². The number of ether oxygens (including phenoxy) is 1. The lowest BCUT2D eigenvalue weighted by molar-refractivity contribution is -0.142. The molecule has 16 heteroatoms. The monoisotopic (exact) mass is 626 g/mol. The zero-order valence-corrected chi connectivity index (χ0v) is 23.1. The number of nitrogens with two attached hydrogens (primary N) is 1. The number of aromatic nitrogens is 4. The lowest BCUT2D eigenvalue weighted by atomic mass is 9.93. The second kappa shape index (κ2) is 10.4. The summed E-state index contributed by atoms with van der Waals surface area (Å²) in [4.78, 5) is 35.3. The molecule has 4 aromatic rings. The zero-order valence-electron chi connectivity index (χ0n) is 22.3. The first-order valence-electron chi connectivity index (χ1n) is 12.5. The van der Waals surface area contributed by atoms with E-state index in [4.69, 9.17) is 22.1 Å². The first-order chi connectivity index (χ1) is 19.9. The van der Waals surface area contributed by atoms with Crippen molar-refractivity contribution in [2.24, 2.45) is 5.73 Å². The third-order valence-electron chi connectivity index (χ3n) is 6.58. The molecule has 0 aliphatic carbocycles. The Morgan fingerprint density at radius 3 is 2.40 bits per heavy atom. The van der Waals surface area contributed by atoms with Crippen molar-refractivity contribution in [2.45, 2.75) is 51.3 Å². The molecular weight excluding hydrogens is 606 g/mol. The van der Waals surface area contributed by atoms with Crippen molar-refractivity contribution in [3.63, 3.8) is 0 Å². The van der Waals surface area contributed by atoms with Crippen LogP contribution in [0.1, 0.15) is 35.6 Å². The standard InChI is InChI=1S/C27H21ClF6N6O3/c1-25(2)24(42)39(11-15-5-4-14(28)9-36-15)18-6-3-13(7-19(18)43-25)20-16-10-37-40(12-27(32,33)34)23(16)38-17(8-26(29,30)31)21(20)22(35)41/h3-7,9-10H,8,11-12H2,1-2H3,(H2,35,41). The van der Waals surface area contributed by atoms with Gasteiger partial charge in [-0.25, -0.2) is 9.67 Å². The van der Waals surface area contributed by atoms with E-state index in [-0.39, 0.29) is 34.5 Å². The molecule has 0 saturated heterocycles. The van der Waals surface area contributed by atoms with Gasteiger partial charge in [0.05, 0.1) is 46.8 Å². The lowest BCUT2D eigenvalue weighted by Gasteiger charge is -2.39. The highest BCUT2D eigenvalue weighted by Crippen LogP contribution is 2.43. The van der Waals surface area contributed by atoms with Gasteiger partial charge in [0.2, 0.25) is 0 Å². The number of hydrogen-bond donors (Lipinski definition) is 1. The number of amides is 2. The smallest absolute Gasteiger partial charge is 0.408 e. The van der Waals surface area contributed by atoms with Gasteiger partial charge >= 0.3 is 12.4 Å². The highest BCUT2D eigenvalue weighted by molar-refractivity contribution is 6.30. The number of primary amides is 1. The second-order valence-corrected chi connectivity index (χ2v) is 10.7. The fourth-order valence-corrected chi connectivity index (χ4v) is 4.96. The van der Waals surface area contributed by atoms with Gasteiger partial charge in [-0.1, -0.05) is 17.7 Å². The van der Waals surface area contributed by atoms with Crippen molar-refractivity contribution >= 4 is 40.1 Å². The van der Waals surface area contributed by atoms with Crippen LogP contribution in [0.4, 0.5) is 32.0 Å². The Balaban J connectivity index is 1.72. The van der Waals surface area contributed by atoms with Crippen molar-refractivity contribution in [2.75, 3.05) is 4.90 Å². The van der Waals surface area contributed by atoms with Crippen LogP contribution in [0.5, 0.6) is 5.75 Å². The molecule has 4 heterocycles. The number of alkyl halides is 6. The summed E-state index contributed by atoms with van der Waals surface area (Å²) in [6.45, 7) is 1.40. The SMILES string of the molecule is CC1(C)Oc2cc(-c3c(C(N)=O)c(CC(F)(F)F)nc4c3cnn4CC(F)(F)F)ccc2N(Cc2ccc(Cl)cn2)C1=O. The van der Waals surface area contributed by atoms with Crippen molar-refractivity contribution in [3.05, 3.63) is 64.7 Å². The Morgan fingerprint density at radius 2 is 1.79 bits per heavy atom. The van der Waals surface area contributed by atoms with Gasteiger partial charge in [-0.2, -0.15) is 31.4 Å². The fourth-order valence-electron chi connectivity index (χ4n) is 4.85. The molecule has 0 spiro atoms. The van der Waals surface area contributed by atoms with Crippen LogP contribution in [0.25, 0.3) is 22.2 Å². The number of halogens is 7. The minimum Gasteiger partial charge on any atom is -0.476 e. The van der Waals surface area contributed by atoms with Gasteiger partial charge in [0.15, 0.2) is 11.2 Å². The van der Waals surface area contributed by atoms with E-state index in [2.05, 4.69) is 15.1 Å². The zero-order chi connectivity index (χ0) is 31.5. The number of benzene rings is 1. The largest absolute Gasteiger partial charge is 0.476 e. The third kappa shape index (κ3) is 6.07. The number of pyridine rings is 2. The van der Waals surface area contributed by atoms with Crippen LogP contribution in [0, 0.1) is 0 Å². The first-order valence-corrected chi connectivity index (χ1v) is 12.9. The van der Waals surface area contributed by atoms with Crippen molar-refractivity contribution in [1.29, 1.82) is 0 Å². The van der Waals surface area contributed by atoms with Crippen LogP contribution in [0.2, 0.25) is 5.02 Å². The number of nitrogens with zero attached hydrogens (tertiary/aromatic N) is 5. The molecule has 43 heavy (non-hydrogen) atoms. The quantitative estimate of drug-likeness (QED) is 0.278. The first kappa shape index (κ1) is 30.1. The van der Waals surface area contributed by atoms with Crippen molar-refractivity contribution in [3.8, 4) is 16.9 Å². The van der Waals surface area contributed by atoms with Gasteiger partial charge in [0.25, 0.3) is 11.8 Å². The molecule has 0 radical (unpaired) electrons. The Morgan fingerprint density at radius 1 is 1.07 bits per heavy atom. The number of anilines is 1. The minimum absolute atomic E-state index is 0.0150. The Hall–Kier alpha value is -4.40. The highest BCUT2D eigenvalue weighted by Gasteiger charge is 2.42. The van der Waals surface area contributed by atoms with Crippen LogP contribution >= 0.6 is 11.6 Å². The number of carbonyl (C=O) groups excluding carboxylic acids is 2. The summed E-state index contributed by atoms with van der Waals surface area (Å²) < 4.78 is 86.8. The number of carbonyl (C=O) groups is 2. The molecule has 0 bridgehead atoms. The van der Waals surface area contributed by atoms with E-state index in [1.54, 1.807) is 12.1 Å². The molecule has 0 atom stereocenters. The molecule has 1 aliphatic heterocycles. The molecule has 1 aliphatic rings. The predicted molar refractivity (Wildman–Crippen MR) is 142 cm³/mol. The van der Waals surface area contributed by atoms with Gasteiger partial charge in [-0.05, 0) is 43.7 Å². The Kier molecular flexibility index (Phi) is 7.27. The van der Waals surface area contributed by atoms with E-state index in [0.29, 0.717) is 15.4 Å². The molecule has 2 amide bonds. The predicted octanol–water partition coefficient (Wildman–Crippen LogP) is 5.62. The van der Waals surface area contributed by atoms with Crippen LogP contribution in [-0.4, -0.2) is 49.5 Å². The number of rotatable bonds is 6. The van der Waals surface area contributed by atoms with Crippen LogP contribution in [-0.2, 0) is 24.3 Å². The lowest BCUT2D eigenvalue weighted by Crippen LogP contribution is -2.52. The Labute approximate surface area is 244 Å². The van der Waals surface area contributed by atoms with Crippen LogP contribution < -0.4 is 15.4 Å². The normalized spacial score (nSPS) is 15.0. The van der Waals surface area contributed by atoms with Gasteiger partial charge < -0.3 is 10.5 Å². The molecule has 1 aromatic carbocycles. The molecule has 0 saturated carbocycles. The van der Waals surface area contributed by atoms with Crippen LogP contribution in [0.15, 0.2) is 42.7 Å². The summed E-state index contributed by atoms with van der Waals surface area (Å²) in [7, 11) is 0. The van der Waals surface area contributed by atoms with Gasteiger partial charge in [-0.3, -0.25) is 19.5 Å². The summed E-state index contributed by atoms with van der Waals surface area (Å²) >= 11 is 5.92. The van der Waals surface area contributed by atoms with Gasteiger partial charge in [0.1, 0.15) is 12.3 Å². The maximum atomic E-state index is 13.5. The van der Waals surface area contributed by atoms with E-state index < -0.39 is 59.6 Å². The Bertz CT molecular complexity index is 1750. The maximum absolute atomic E-state index is 13.5. The molecule has 3 aromatic heterocycles. The van der Waals surface area contributed by atoms with E-state index in [0.717, 1.165) is 6.20 Å². The number of fused-ring (bicyclic) bond motifs is 2. The van der Waals surface area contributed by atoms with E-state index in [9.17, 15) is 35.9 Å². The molecular formula is C27H21ClF6N6O3. The molecule has 9 nitrogen and oxygen atoms in total.